The summed E-state index contributed by atoms with van der Waals surface area (Å²) in [4.78, 5) is 0. The highest BCUT2D eigenvalue weighted by molar-refractivity contribution is 5.52. The lowest BCUT2D eigenvalue weighted by Crippen LogP contribution is -2.22. The molecule has 0 aromatic heterocycles. The van der Waals surface area contributed by atoms with E-state index in [9.17, 15) is 8.78 Å². The maximum absolute atomic E-state index is 15.0. The SMILES string of the molecule is CCCCOC1CCC(c2ccc(/C=C/C3CCC(c4ccc(OCC)cc4F)CC3)c(F)c2F)CC1. The van der Waals surface area contributed by atoms with Crippen molar-refractivity contribution in [2.45, 2.75) is 96.0 Å². The quantitative estimate of drug-likeness (QED) is 0.294. The van der Waals surface area contributed by atoms with Crippen molar-refractivity contribution in [3.8, 4) is 5.75 Å². The van der Waals surface area contributed by atoms with Gasteiger partial charge in [0, 0.05) is 18.2 Å². The second-order valence-corrected chi connectivity index (χ2v) is 10.7. The van der Waals surface area contributed by atoms with Crippen molar-refractivity contribution in [2.24, 2.45) is 5.92 Å². The number of halogens is 3. The Morgan fingerprint density at radius 3 is 2.16 bits per heavy atom. The van der Waals surface area contributed by atoms with Gasteiger partial charge in [0.25, 0.3) is 0 Å². The zero-order chi connectivity index (χ0) is 26.2. The van der Waals surface area contributed by atoms with Gasteiger partial charge in [-0.15, -0.1) is 0 Å². The molecule has 0 atom stereocenters. The molecule has 37 heavy (non-hydrogen) atoms. The molecule has 0 spiro atoms. The number of unbranched alkanes of at least 4 members (excludes halogenated alkanes) is 1. The topological polar surface area (TPSA) is 18.5 Å². The van der Waals surface area contributed by atoms with Crippen LogP contribution in [0.5, 0.6) is 5.75 Å². The Bertz CT molecular complexity index is 1030. The minimum Gasteiger partial charge on any atom is -0.494 e. The van der Waals surface area contributed by atoms with Crippen LogP contribution in [0.4, 0.5) is 13.2 Å². The summed E-state index contributed by atoms with van der Waals surface area (Å²) in [6.07, 6.45) is 13.2. The van der Waals surface area contributed by atoms with Crippen LogP contribution >= 0.6 is 0 Å². The summed E-state index contributed by atoms with van der Waals surface area (Å²) in [5.41, 5.74) is 1.55. The zero-order valence-electron chi connectivity index (χ0n) is 22.3. The fourth-order valence-corrected chi connectivity index (χ4v) is 5.92. The summed E-state index contributed by atoms with van der Waals surface area (Å²) in [5, 5.41) is 0. The molecule has 0 heterocycles. The molecule has 0 saturated heterocycles. The Labute approximate surface area is 220 Å². The standard InChI is InChI=1S/C32H41F3O2/c1-3-5-20-37-26-15-12-24(13-16-26)29-18-14-25(31(34)32(29)35)11-8-22-6-9-23(10-7-22)28-19-17-27(36-4-2)21-30(28)33/h8,11,14,17-19,21-24,26H,3-7,9-10,12-13,15-16,20H2,1-2H3/b11-8+. The summed E-state index contributed by atoms with van der Waals surface area (Å²) in [6, 6.07) is 8.63. The van der Waals surface area contributed by atoms with E-state index in [1.165, 1.54) is 6.07 Å². The van der Waals surface area contributed by atoms with E-state index in [0.29, 0.717) is 23.5 Å². The second kappa shape index (κ2) is 13.5. The molecule has 2 aromatic carbocycles. The lowest BCUT2D eigenvalue weighted by Gasteiger charge is -2.29. The third-order valence-corrected chi connectivity index (χ3v) is 8.15. The lowest BCUT2D eigenvalue weighted by molar-refractivity contribution is 0.0230. The van der Waals surface area contributed by atoms with Crippen molar-refractivity contribution in [3.05, 3.63) is 70.5 Å². The molecule has 0 bridgehead atoms. The average molecular weight is 515 g/mol. The Kier molecular flexibility index (Phi) is 10.1. The number of ether oxygens (including phenoxy) is 2. The van der Waals surface area contributed by atoms with Gasteiger partial charge in [-0.05, 0) is 99.7 Å². The third-order valence-electron chi connectivity index (χ3n) is 8.15. The molecule has 2 nitrogen and oxygen atoms in total. The van der Waals surface area contributed by atoms with Crippen LogP contribution in [0, 0.1) is 23.4 Å². The minimum atomic E-state index is -0.750. The zero-order valence-corrected chi connectivity index (χ0v) is 22.3. The highest BCUT2D eigenvalue weighted by atomic mass is 19.2. The van der Waals surface area contributed by atoms with E-state index < -0.39 is 11.6 Å². The van der Waals surface area contributed by atoms with Gasteiger partial charge in [0.05, 0.1) is 12.7 Å². The molecule has 0 radical (unpaired) electrons. The van der Waals surface area contributed by atoms with Gasteiger partial charge in [-0.1, -0.05) is 43.7 Å². The van der Waals surface area contributed by atoms with Crippen LogP contribution in [0.3, 0.4) is 0 Å². The van der Waals surface area contributed by atoms with E-state index in [1.54, 1.807) is 18.2 Å². The van der Waals surface area contributed by atoms with Gasteiger partial charge < -0.3 is 9.47 Å². The van der Waals surface area contributed by atoms with Crippen molar-refractivity contribution in [1.82, 2.24) is 0 Å². The smallest absolute Gasteiger partial charge is 0.166 e. The summed E-state index contributed by atoms with van der Waals surface area (Å²) in [6.45, 7) is 5.33. The van der Waals surface area contributed by atoms with Crippen LogP contribution in [0.25, 0.3) is 6.08 Å². The lowest BCUT2D eigenvalue weighted by atomic mass is 9.78. The molecule has 0 aliphatic heterocycles. The molecule has 202 valence electrons. The predicted molar refractivity (Wildman–Crippen MR) is 144 cm³/mol. The summed E-state index contributed by atoms with van der Waals surface area (Å²) < 4.78 is 55.9. The molecule has 2 aliphatic carbocycles. The molecule has 2 aromatic rings. The Morgan fingerprint density at radius 1 is 0.811 bits per heavy atom. The van der Waals surface area contributed by atoms with Crippen molar-refractivity contribution < 1.29 is 22.6 Å². The van der Waals surface area contributed by atoms with E-state index in [1.807, 2.05) is 25.1 Å². The minimum absolute atomic E-state index is 0.0526. The largest absolute Gasteiger partial charge is 0.494 e. The van der Waals surface area contributed by atoms with Gasteiger partial charge >= 0.3 is 0 Å². The maximum atomic E-state index is 15.0. The highest BCUT2D eigenvalue weighted by Crippen LogP contribution is 2.39. The van der Waals surface area contributed by atoms with E-state index in [4.69, 9.17) is 9.47 Å². The number of benzene rings is 2. The van der Waals surface area contributed by atoms with E-state index >= 15 is 4.39 Å². The Hall–Kier alpha value is -2.27. The van der Waals surface area contributed by atoms with E-state index in [2.05, 4.69) is 6.92 Å². The number of allylic oxidation sites excluding steroid dienone is 1. The van der Waals surface area contributed by atoms with E-state index in [-0.39, 0.29) is 29.7 Å². The molecule has 0 N–H and O–H groups in total. The van der Waals surface area contributed by atoms with Gasteiger partial charge in [-0.2, -0.15) is 0 Å². The first-order valence-electron chi connectivity index (χ1n) is 14.2. The molecule has 2 aliphatic rings. The van der Waals surface area contributed by atoms with Gasteiger partial charge in [-0.25, -0.2) is 13.2 Å². The van der Waals surface area contributed by atoms with Crippen molar-refractivity contribution >= 4 is 6.08 Å². The third kappa shape index (κ3) is 7.19. The summed E-state index contributed by atoms with van der Waals surface area (Å²) in [5.74, 6) is -0.581. The first-order valence-corrected chi connectivity index (χ1v) is 14.2. The molecular weight excluding hydrogens is 473 g/mol. The summed E-state index contributed by atoms with van der Waals surface area (Å²) >= 11 is 0. The van der Waals surface area contributed by atoms with Gasteiger partial charge in [0.1, 0.15) is 11.6 Å². The van der Waals surface area contributed by atoms with Crippen LogP contribution in [-0.2, 0) is 4.74 Å². The fourth-order valence-electron chi connectivity index (χ4n) is 5.92. The van der Waals surface area contributed by atoms with Crippen molar-refractivity contribution in [2.75, 3.05) is 13.2 Å². The molecular formula is C32H41F3O2. The van der Waals surface area contributed by atoms with Crippen LogP contribution in [-0.4, -0.2) is 19.3 Å². The molecule has 2 saturated carbocycles. The molecule has 4 rings (SSSR count). The Morgan fingerprint density at radius 2 is 1.49 bits per heavy atom. The molecule has 5 heteroatoms. The number of hydrogen-bond acceptors (Lipinski definition) is 2. The molecule has 0 unspecified atom stereocenters. The van der Waals surface area contributed by atoms with Crippen LogP contribution in [0.2, 0.25) is 0 Å². The highest BCUT2D eigenvalue weighted by Gasteiger charge is 2.27. The summed E-state index contributed by atoms with van der Waals surface area (Å²) in [7, 11) is 0. The first-order chi connectivity index (χ1) is 18.0. The molecule has 0 amide bonds. The van der Waals surface area contributed by atoms with Crippen molar-refractivity contribution in [3.63, 3.8) is 0 Å². The van der Waals surface area contributed by atoms with E-state index in [0.717, 1.165) is 76.4 Å². The predicted octanol–water partition coefficient (Wildman–Crippen LogP) is 9.33. The monoisotopic (exact) mass is 514 g/mol. The number of rotatable bonds is 10. The maximum Gasteiger partial charge on any atom is 0.166 e. The van der Waals surface area contributed by atoms with Crippen LogP contribution in [0.1, 0.15) is 107 Å². The van der Waals surface area contributed by atoms with Gasteiger partial charge in [-0.3, -0.25) is 0 Å². The van der Waals surface area contributed by atoms with Crippen LogP contribution in [0.15, 0.2) is 36.4 Å². The Balaban J connectivity index is 1.31. The normalized spacial score (nSPS) is 24.5. The molecule has 2 fully saturated rings. The second-order valence-electron chi connectivity index (χ2n) is 10.7. The van der Waals surface area contributed by atoms with Crippen molar-refractivity contribution in [1.29, 1.82) is 0 Å². The van der Waals surface area contributed by atoms with Gasteiger partial charge in [0.2, 0.25) is 0 Å². The van der Waals surface area contributed by atoms with Gasteiger partial charge in [0.15, 0.2) is 11.6 Å². The number of hydrogen-bond donors (Lipinski definition) is 0. The fraction of sp³-hybridized carbons (Fsp3) is 0.562. The average Bonchev–Trinajstić information content (AvgIpc) is 2.91. The first kappa shape index (κ1) is 27.8. The van der Waals surface area contributed by atoms with Crippen LogP contribution < -0.4 is 4.74 Å².